The van der Waals surface area contributed by atoms with Crippen molar-refractivity contribution in [3.8, 4) is 11.3 Å². The molecule has 3 heterocycles. The molecular formula is C21H22N4O. The van der Waals surface area contributed by atoms with E-state index in [4.69, 9.17) is 0 Å². The molecule has 26 heavy (non-hydrogen) atoms. The third-order valence-electron chi connectivity index (χ3n) is 4.84. The molecule has 5 nitrogen and oxygen atoms in total. The van der Waals surface area contributed by atoms with Gasteiger partial charge in [0.25, 0.3) is 5.56 Å². The van der Waals surface area contributed by atoms with Crippen molar-refractivity contribution < 1.29 is 0 Å². The molecule has 0 saturated heterocycles. The SMILES string of the molecule is Cc1ccc(-c2ccc(CN3CCc4nc(C)[nH]c(=O)c4C3)cn2)cc1. The van der Waals surface area contributed by atoms with Gasteiger partial charge in [0.15, 0.2) is 0 Å². The van der Waals surface area contributed by atoms with E-state index in [-0.39, 0.29) is 5.56 Å². The van der Waals surface area contributed by atoms with Crippen molar-refractivity contribution in [3.05, 3.63) is 81.2 Å². The number of rotatable bonds is 3. The van der Waals surface area contributed by atoms with Gasteiger partial charge in [-0.25, -0.2) is 4.98 Å². The van der Waals surface area contributed by atoms with Gasteiger partial charge >= 0.3 is 0 Å². The topological polar surface area (TPSA) is 61.9 Å². The molecule has 1 N–H and O–H groups in total. The van der Waals surface area contributed by atoms with Crippen LogP contribution in [0.5, 0.6) is 0 Å². The number of benzene rings is 1. The lowest BCUT2D eigenvalue weighted by atomic mass is 10.1. The third-order valence-corrected chi connectivity index (χ3v) is 4.84. The van der Waals surface area contributed by atoms with Crippen molar-refractivity contribution >= 4 is 0 Å². The fourth-order valence-corrected chi connectivity index (χ4v) is 3.41. The van der Waals surface area contributed by atoms with Gasteiger partial charge in [0.05, 0.1) is 17.0 Å². The van der Waals surface area contributed by atoms with Crippen LogP contribution in [0.25, 0.3) is 11.3 Å². The Labute approximate surface area is 152 Å². The molecule has 4 rings (SSSR count). The molecule has 0 fully saturated rings. The Kier molecular flexibility index (Phi) is 4.39. The van der Waals surface area contributed by atoms with E-state index in [1.807, 2.05) is 13.1 Å². The van der Waals surface area contributed by atoms with E-state index in [1.54, 1.807) is 0 Å². The highest BCUT2D eigenvalue weighted by Crippen LogP contribution is 2.20. The number of aryl methyl sites for hydroxylation is 2. The summed E-state index contributed by atoms with van der Waals surface area (Å²) >= 11 is 0. The largest absolute Gasteiger partial charge is 0.310 e. The number of aromatic amines is 1. The van der Waals surface area contributed by atoms with Crippen LogP contribution in [0, 0.1) is 13.8 Å². The second-order valence-electron chi connectivity index (χ2n) is 6.95. The highest BCUT2D eigenvalue weighted by atomic mass is 16.1. The van der Waals surface area contributed by atoms with Gasteiger partial charge in [0.1, 0.15) is 5.82 Å². The molecule has 2 aromatic heterocycles. The Morgan fingerprint density at radius 3 is 2.65 bits per heavy atom. The number of nitrogens with one attached hydrogen (secondary N) is 1. The summed E-state index contributed by atoms with van der Waals surface area (Å²) in [7, 11) is 0. The van der Waals surface area contributed by atoms with E-state index in [9.17, 15) is 4.79 Å². The molecule has 0 unspecified atom stereocenters. The number of aromatic nitrogens is 3. The number of H-pyrrole nitrogens is 1. The average molecular weight is 346 g/mol. The molecule has 1 aromatic carbocycles. The lowest BCUT2D eigenvalue weighted by Crippen LogP contribution is -2.35. The summed E-state index contributed by atoms with van der Waals surface area (Å²) in [6.07, 6.45) is 2.75. The predicted octanol–water partition coefficient (Wildman–Crippen LogP) is 3.01. The Morgan fingerprint density at radius 1 is 1.12 bits per heavy atom. The Hall–Kier alpha value is -2.79. The number of hydrogen-bond acceptors (Lipinski definition) is 4. The average Bonchev–Trinajstić information content (AvgIpc) is 2.64. The molecule has 0 atom stereocenters. The van der Waals surface area contributed by atoms with Crippen LogP contribution in [-0.2, 0) is 19.5 Å². The first kappa shape index (κ1) is 16.7. The summed E-state index contributed by atoms with van der Waals surface area (Å²) in [5, 5.41) is 0. The van der Waals surface area contributed by atoms with Crippen LogP contribution in [0.1, 0.15) is 28.2 Å². The van der Waals surface area contributed by atoms with Crippen molar-refractivity contribution in [2.24, 2.45) is 0 Å². The molecule has 5 heteroatoms. The quantitative estimate of drug-likeness (QED) is 0.792. The van der Waals surface area contributed by atoms with Crippen LogP contribution in [0.2, 0.25) is 0 Å². The van der Waals surface area contributed by atoms with Crippen LogP contribution in [0.15, 0.2) is 47.4 Å². The molecule has 1 aliphatic rings. The van der Waals surface area contributed by atoms with Gasteiger partial charge in [-0.05, 0) is 25.5 Å². The minimum absolute atomic E-state index is 0.00922. The molecule has 0 spiro atoms. The van der Waals surface area contributed by atoms with Crippen molar-refractivity contribution in [1.82, 2.24) is 19.9 Å². The molecule has 0 bridgehead atoms. The molecule has 0 aliphatic carbocycles. The van der Waals surface area contributed by atoms with Gasteiger partial charge in [0.2, 0.25) is 0 Å². The maximum Gasteiger partial charge on any atom is 0.255 e. The maximum absolute atomic E-state index is 12.2. The summed E-state index contributed by atoms with van der Waals surface area (Å²) in [5.41, 5.74) is 6.23. The Morgan fingerprint density at radius 2 is 1.92 bits per heavy atom. The zero-order valence-electron chi connectivity index (χ0n) is 15.1. The summed E-state index contributed by atoms with van der Waals surface area (Å²) in [4.78, 5) is 26.3. The lowest BCUT2D eigenvalue weighted by molar-refractivity contribution is 0.241. The van der Waals surface area contributed by atoms with Crippen LogP contribution in [-0.4, -0.2) is 26.4 Å². The maximum atomic E-state index is 12.2. The Balaban J connectivity index is 1.48. The normalized spacial score (nSPS) is 14.2. The van der Waals surface area contributed by atoms with Gasteiger partial charge in [-0.15, -0.1) is 0 Å². The van der Waals surface area contributed by atoms with Gasteiger partial charge in [-0.3, -0.25) is 14.7 Å². The zero-order chi connectivity index (χ0) is 18.1. The smallest absolute Gasteiger partial charge is 0.255 e. The van der Waals surface area contributed by atoms with Crippen molar-refractivity contribution in [1.29, 1.82) is 0 Å². The van der Waals surface area contributed by atoms with Gasteiger partial charge in [0, 0.05) is 37.8 Å². The van der Waals surface area contributed by atoms with E-state index in [0.29, 0.717) is 12.4 Å². The minimum Gasteiger partial charge on any atom is -0.310 e. The van der Waals surface area contributed by atoms with Crippen molar-refractivity contribution in [2.75, 3.05) is 6.54 Å². The van der Waals surface area contributed by atoms with Crippen molar-refractivity contribution in [3.63, 3.8) is 0 Å². The number of hydrogen-bond donors (Lipinski definition) is 1. The molecule has 132 valence electrons. The lowest BCUT2D eigenvalue weighted by Gasteiger charge is -2.27. The first-order chi connectivity index (χ1) is 12.6. The second-order valence-corrected chi connectivity index (χ2v) is 6.95. The summed E-state index contributed by atoms with van der Waals surface area (Å²) < 4.78 is 0. The van der Waals surface area contributed by atoms with Gasteiger partial charge in [-0.2, -0.15) is 0 Å². The molecule has 3 aromatic rings. The van der Waals surface area contributed by atoms with Gasteiger partial charge in [-0.1, -0.05) is 35.9 Å². The summed E-state index contributed by atoms with van der Waals surface area (Å²) in [5.74, 6) is 0.693. The second kappa shape index (κ2) is 6.84. The number of nitrogens with zero attached hydrogens (tertiary/aromatic N) is 3. The monoisotopic (exact) mass is 346 g/mol. The first-order valence-electron chi connectivity index (χ1n) is 8.91. The molecular weight excluding hydrogens is 324 g/mol. The number of pyridine rings is 1. The van der Waals surface area contributed by atoms with E-state index in [0.717, 1.165) is 47.6 Å². The first-order valence-corrected chi connectivity index (χ1v) is 8.91. The van der Waals surface area contributed by atoms with Crippen molar-refractivity contribution in [2.45, 2.75) is 33.4 Å². The van der Waals surface area contributed by atoms with E-state index >= 15 is 0 Å². The van der Waals surface area contributed by atoms with Crippen LogP contribution >= 0.6 is 0 Å². The summed E-state index contributed by atoms with van der Waals surface area (Å²) in [6.45, 7) is 6.24. The molecule has 1 aliphatic heterocycles. The fourth-order valence-electron chi connectivity index (χ4n) is 3.41. The van der Waals surface area contributed by atoms with E-state index in [1.165, 1.54) is 5.56 Å². The molecule has 0 saturated carbocycles. The zero-order valence-corrected chi connectivity index (χ0v) is 15.1. The predicted molar refractivity (Wildman–Crippen MR) is 102 cm³/mol. The van der Waals surface area contributed by atoms with E-state index < -0.39 is 0 Å². The standard InChI is InChI=1S/C21H22N4O/c1-14-3-6-17(7-4-14)19-8-5-16(11-22-19)12-25-10-9-20-18(13-25)21(26)24-15(2)23-20/h3-8,11H,9-10,12-13H2,1-2H3,(H,23,24,26). The van der Waals surface area contributed by atoms with Crippen LogP contribution in [0.3, 0.4) is 0 Å². The highest BCUT2D eigenvalue weighted by molar-refractivity contribution is 5.59. The Bertz CT molecular complexity index is 974. The number of fused-ring (bicyclic) bond motifs is 1. The molecule has 0 amide bonds. The summed E-state index contributed by atoms with van der Waals surface area (Å²) in [6, 6.07) is 12.6. The van der Waals surface area contributed by atoms with Crippen LogP contribution in [0.4, 0.5) is 0 Å². The van der Waals surface area contributed by atoms with Gasteiger partial charge < -0.3 is 4.98 Å². The minimum atomic E-state index is -0.00922. The fraction of sp³-hybridized carbons (Fsp3) is 0.286. The van der Waals surface area contributed by atoms with Crippen LogP contribution < -0.4 is 5.56 Å². The van der Waals surface area contributed by atoms with E-state index in [2.05, 4.69) is 63.2 Å². The third kappa shape index (κ3) is 3.44. The molecule has 0 radical (unpaired) electrons. The highest BCUT2D eigenvalue weighted by Gasteiger charge is 2.20.